The summed E-state index contributed by atoms with van der Waals surface area (Å²) in [5, 5.41) is 7.45. The third-order valence-electron chi connectivity index (χ3n) is 3.13. The van der Waals surface area contributed by atoms with Crippen molar-refractivity contribution in [3.63, 3.8) is 0 Å². The van der Waals surface area contributed by atoms with Crippen LogP contribution in [0.2, 0.25) is 0 Å². The number of hydrogen-bond donors (Lipinski definition) is 2. The molecule has 0 spiro atoms. The molecule has 0 aromatic carbocycles. The van der Waals surface area contributed by atoms with E-state index in [9.17, 15) is 0 Å². The molecule has 0 aliphatic carbocycles. The Bertz CT molecular complexity index is 210. The highest BCUT2D eigenvalue weighted by atomic mass is 32.1. The van der Waals surface area contributed by atoms with Gasteiger partial charge in [0.05, 0.1) is 0 Å². The second kappa shape index (κ2) is 7.07. The van der Waals surface area contributed by atoms with Gasteiger partial charge in [-0.3, -0.25) is 0 Å². The summed E-state index contributed by atoms with van der Waals surface area (Å²) < 4.78 is 0. The van der Waals surface area contributed by atoms with Crippen molar-refractivity contribution < 1.29 is 0 Å². The first-order valence-electron chi connectivity index (χ1n) is 6.42. The zero-order valence-corrected chi connectivity index (χ0v) is 11.6. The Labute approximate surface area is 105 Å². The number of thiocarbonyl (C=S) groups is 1. The fraction of sp³-hybridized carbons (Fsp3) is 0.917. The van der Waals surface area contributed by atoms with Crippen LogP contribution in [0, 0.1) is 0 Å². The van der Waals surface area contributed by atoms with Gasteiger partial charge in [0.25, 0.3) is 0 Å². The molecular weight excluding hydrogens is 218 g/mol. The highest BCUT2D eigenvalue weighted by molar-refractivity contribution is 7.80. The molecule has 0 aromatic heterocycles. The number of likely N-dealkylation sites (tertiary alicyclic amines) is 1. The van der Waals surface area contributed by atoms with Crippen molar-refractivity contribution >= 4 is 17.3 Å². The molecule has 4 heteroatoms. The second-order valence-corrected chi connectivity index (χ2v) is 5.21. The van der Waals surface area contributed by atoms with E-state index in [4.69, 9.17) is 12.2 Å². The zero-order valence-electron chi connectivity index (χ0n) is 10.8. The van der Waals surface area contributed by atoms with E-state index in [0.717, 1.165) is 18.1 Å². The molecule has 0 amide bonds. The molecule has 1 heterocycles. The Morgan fingerprint density at radius 2 is 2.00 bits per heavy atom. The standard InChI is InChI=1S/C12H25N3S/c1-4-7-13-12(16)14-11-5-8-15(9-6-11)10(2)3/h10-11H,4-9H2,1-3H3,(H2,13,14,16). The van der Waals surface area contributed by atoms with Crippen molar-refractivity contribution in [1.29, 1.82) is 0 Å². The lowest BCUT2D eigenvalue weighted by Gasteiger charge is -2.35. The van der Waals surface area contributed by atoms with Crippen molar-refractivity contribution in [3.8, 4) is 0 Å². The molecule has 0 atom stereocenters. The minimum Gasteiger partial charge on any atom is -0.363 e. The molecule has 1 saturated heterocycles. The molecule has 0 bridgehead atoms. The SMILES string of the molecule is CCCNC(=S)NC1CCN(C(C)C)CC1. The van der Waals surface area contributed by atoms with Gasteiger partial charge in [0, 0.05) is 31.7 Å². The molecule has 1 fully saturated rings. The summed E-state index contributed by atoms with van der Waals surface area (Å²) in [5.41, 5.74) is 0. The number of nitrogens with zero attached hydrogens (tertiary/aromatic N) is 1. The predicted octanol–water partition coefficient (Wildman–Crippen LogP) is 1.73. The van der Waals surface area contributed by atoms with Gasteiger partial charge in [0.15, 0.2) is 5.11 Å². The van der Waals surface area contributed by atoms with Crippen LogP contribution in [0.5, 0.6) is 0 Å². The number of rotatable bonds is 4. The molecule has 2 N–H and O–H groups in total. The van der Waals surface area contributed by atoms with E-state index >= 15 is 0 Å². The second-order valence-electron chi connectivity index (χ2n) is 4.80. The van der Waals surface area contributed by atoms with Gasteiger partial charge in [-0.2, -0.15) is 0 Å². The smallest absolute Gasteiger partial charge is 0.166 e. The lowest BCUT2D eigenvalue weighted by atomic mass is 10.0. The lowest BCUT2D eigenvalue weighted by Crippen LogP contribution is -2.49. The maximum Gasteiger partial charge on any atom is 0.166 e. The average Bonchev–Trinajstić information content (AvgIpc) is 2.27. The summed E-state index contributed by atoms with van der Waals surface area (Å²) in [6.45, 7) is 10.0. The Morgan fingerprint density at radius 3 is 2.50 bits per heavy atom. The molecule has 3 nitrogen and oxygen atoms in total. The normalized spacial score (nSPS) is 18.8. The van der Waals surface area contributed by atoms with Crippen LogP contribution in [-0.2, 0) is 0 Å². The van der Waals surface area contributed by atoms with Crippen molar-refractivity contribution in [1.82, 2.24) is 15.5 Å². The molecule has 0 saturated carbocycles. The van der Waals surface area contributed by atoms with Gasteiger partial charge in [-0.1, -0.05) is 6.92 Å². The average molecular weight is 243 g/mol. The monoisotopic (exact) mass is 243 g/mol. The van der Waals surface area contributed by atoms with Crippen molar-refractivity contribution in [3.05, 3.63) is 0 Å². The molecule has 1 rings (SSSR count). The van der Waals surface area contributed by atoms with Gasteiger partial charge in [-0.15, -0.1) is 0 Å². The third-order valence-corrected chi connectivity index (χ3v) is 3.39. The van der Waals surface area contributed by atoms with Crippen LogP contribution in [-0.4, -0.2) is 41.7 Å². The first-order valence-corrected chi connectivity index (χ1v) is 6.82. The van der Waals surface area contributed by atoms with Crippen LogP contribution in [0.25, 0.3) is 0 Å². The van der Waals surface area contributed by atoms with E-state index in [1.165, 1.54) is 25.9 Å². The summed E-state index contributed by atoms with van der Waals surface area (Å²) in [6, 6.07) is 1.23. The quantitative estimate of drug-likeness (QED) is 0.736. The summed E-state index contributed by atoms with van der Waals surface area (Å²) in [4.78, 5) is 2.53. The molecular formula is C12H25N3S. The van der Waals surface area contributed by atoms with Gasteiger partial charge in [0.1, 0.15) is 0 Å². The first kappa shape index (κ1) is 13.7. The van der Waals surface area contributed by atoms with E-state index in [-0.39, 0.29) is 0 Å². The fourth-order valence-electron chi connectivity index (χ4n) is 2.04. The lowest BCUT2D eigenvalue weighted by molar-refractivity contribution is 0.167. The van der Waals surface area contributed by atoms with E-state index in [0.29, 0.717) is 12.1 Å². The van der Waals surface area contributed by atoms with Crippen molar-refractivity contribution in [2.75, 3.05) is 19.6 Å². The van der Waals surface area contributed by atoms with E-state index in [1.54, 1.807) is 0 Å². The highest BCUT2D eigenvalue weighted by Gasteiger charge is 2.20. The number of piperidine rings is 1. The summed E-state index contributed by atoms with van der Waals surface area (Å²) in [6.07, 6.45) is 3.52. The third kappa shape index (κ3) is 4.66. The molecule has 0 unspecified atom stereocenters. The maximum atomic E-state index is 5.25. The van der Waals surface area contributed by atoms with Crippen LogP contribution < -0.4 is 10.6 Å². The molecule has 1 aliphatic rings. The first-order chi connectivity index (χ1) is 7.63. The van der Waals surface area contributed by atoms with E-state index < -0.39 is 0 Å². The summed E-state index contributed by atoms with van der Waals surface area (Å²) >= 11 is 5.25. The molecule has 0 aromatic rings. The zero-order chi connectivity index (χ0) is 12.0. The summed E-state index contributed by atoms with van der Waals surface area (Å²) in [5.74, 6) is 0. The van der Waals surface area contributed by atoms with E-state index in [2.05, 4.69) is 36.3 Å². The van der Waals surface area contributed by atoms with Crippen molar-refractivity contribution in [2.45, 2.75) is 52.1 Å². The Kier molecular flexibility index (Phi) is 6.06. The molecule has 1 aliphatic heterocycles. The van der Waals surface area contributed by atoms with Crippen LogP contribution in [0.15, 0.2) is 0 Å². The summed E-state index contributed by atoms with van der Waals surface area (Å²) in [7, 11) is 0. The van der Waals surface area contributed by atoms with Crippen LogP contribution in [0.1, 0.15) is 40.0 Å². The Balaban J connectivity index is 2.19. The predicted molar refractivity (Wildman–Crippen MR) is 73.8 cm³/mol. The minimum absolute atomic E-state index is 0.562. The van der Waals surface area contributed by atoms with Gasteiger partial charge in [-0.05, 0) is 45.3 Å². The number of hydrogen-bond acceptors (Lipinski definition) is 2. The fourth-order valence-corrected chi connectivity index (χ4v) is 2.30. The molecule has 0 radical (unpaired) electrons. The number of nitrogens with one attached hydrogen (secondary N) is 2. The topological polar surface area (TPSA) is 27.3 Å². The van der Waals surface area contributed by atoms with Crippen molar-refractivity contribution in [2.24, 2.45) is 0 Å². The Morgan fingerprint density at radius 1 is 1.38 bits per heavy atom. The van der Waals surface area contributed by atoms with Gasteiger partial charge in [0.2, 0.25) is 0 Å². The Hall–Kier alpha value is -0.350. The van der Waals surface area contributed by atoms with E-state index in [1.807, 2.05) is 0 Å². The van der Waals surface area contributed by atoms with Crippen LogP contribution in [0.3, 0.4) is 0 Å². The van der Waals surface area contributed by atoms with Crippen LogP contribution in [0.4, 0.5) is 0 Å². The maximum absolute atomic E-state index is 5.25. The van der Waals surface area contributed by atoms with Gasteiger partial charge >= 0.3 is 0 Å². The molecule has 94 valence electrons. The molecule has 16 heavy (non-hydrogen) atoms. The minimum atomic E-state index is 0.562. The van der Waals surface area contributed by atoms with Gasteiger partial charge < -0.3 is 15.5 Å². The van der Waals surface area contributed by atoms with Gasteiger partial charge in [-0.25, -0.2) is 0 Å². The van der Waals surface area contributed by atoms with Crippen LogP contribution >= 0.6 is 12.2 Å². The largest absolute Gasteiger partial charge is 0.363 e. The highest BCUT2D eigenvalue weighted by Crippen LogP contribution is 2.12.